The first-order valence-electron chi connectivity index (χ1n) is 5.82. The maximum Gasteiger partial charge on any atom is 0.237 e. The van der Waals surface area contributed by atoms with Crippen LogP contribution in [0.15, 0.2) is 18.2 Å². The number of nitrogens with zero attached hydrogens (tertiary/aromatic N) is 2. The summed E-state index contributed by atoms with van der Waals surface area (Å²) in [5.41, 5.74) is 0.497. The van der Waals surface area contributed by atoms with Gasteiger partial charge in [0.05, 0.1) is 11.6 Å². The summed E-state index contributed by atoms with van der Waals surface area (Å²) in [6.45, 7) is 3.39. The van der Waals surface area contributed by atoms with Gasteiger partial charge in [0.2, 0.25) is 5.91 Å². The van der Waals surface area contributed by atoms with Crippen LogP contribution in [0.25, 0.3) is 0 Å². The Hall–Kier alpha value is -1.93. The lowest BCUT2D eigenvalue weighted by atomic mass is 10.1. The molecule has 1 aliphatic heterocycles. The van der Waals surface area contributed by atoms with E-state index < -0.39 is 5.82 Å². The van der Waals surface area contributed by atoms with Crippen LogP contribution in [0.4, 0.5) is 4.39 Å². The molecule has 0 bridgehead atoms. The van der Waals surface area contributed by atoms with Crippen LogP contribution in [0, 0.1) is 17.1 Å². The molecule has 1 N–H and O–H groups in total. The van der Waals surface area contributed by atoms with Crippen LogP contribution in [0.5, 0.6) is 0 Å². The second-order valence-corrected chi connectivity index (χ2v) is 4.33. The SMILES string of the molecule is CC1C(=O)NCCN1Cc1cccc(C#N)c1F. The Morgan fingerprint density at radius 1 is 1.61 bits per heavy atom. The number of carbonyl (C=O) groups excluding carboxylic acids is 1. The average molecular weight is 247 g/mol. The van der Waals surface area contributed by atoms with Crippen LogP contribution >= 0.6 is 0 Å². The number of piperazine rings is 1. The van der Waals surface area contributed by atoms with E-state index in [0.717, 1.165) is 0 Å². The van der Waals surface area contributed by atoms with Crippen LogP contribution in [-0.2, 0) is 11.3 Å². The number of nitrogens with one attached hydrogen (secondary N) is 1. The smallest absolute Gasteiger partial charge is 0.237 e. The van der Waals surface area contributed by atoms with Crippen LogP contribution in [0.1, 0.15) is 18.1 Å². The van der Waals surface area contributed by atoms with Crippen molar-refractivity contribution in [3.63, 3.8) is 0 Å². The minimum absolute atomic E-state index is 0.0432. The molecule has 2 rings (SSSR count). The molecule has 1 atom stereocenters. The standard InChI is InChI=1S/C13H14FN3O/c1-9-13(18)16-5-6-17(9)8-11-4-2-3-10(7-15)12(11)14/h2-4,9H,5-6,8H2,1H3,(H,16,18). The summed E-state index contributed by atoms with van der Waals surface area (Å²) in [6, 6.07) is 6.30. The molecule has 1 fully saturated rings. The van der Waals surface area contributed by atoms with Gasteiger partial charge in [-0.25, -0.2) is 4.39 Å². The van der Waals surface area contributed by atoms with Crippen molar-refractivity contribution in [3.05, 3.63) is 35.1 Å². The van der Waals surface area contributed by atoms with Gasteiger partial charge in [0.25, 0.3) is 0 Å². The fourth-order valence-electron chi connectivity index (χ4n) is 2.05. The number of rotatable bonds is 2. The summed E-state index contributed by atoms with van der Waals surface area (Å²) in [5.74, 6) is -0.531. The fraction of sp³-hybridized carbons (Fsp3) is 0.385. The highest BCUT2D eigenvalue weighted by molar-refractivity contribution is 5.81. The number of carbonyl (C=O) groups is 1. The van der Waals surface area contributed by atoms with Crippen LogP contribution in [-0.4, -0.2) is 29.9 Å². The van der Waals surface area contributed by atoms with Gasteiger partial charge in [0.1, 0.15) is 11.9 Å². The van der Waals surface area contributed by atoms with Crippen molar-refractivity contribution >= 4 is 5.91 Å². The highest BCUT2D eigenvalue weighted by Crippen LogP contribution is 2.16. The third kappa shape index (κ3) is 2.34. The van der Waals surface area contributed by atoms with E-state index in [0.29, 0.717) is 25.2 Å². The van der Waals surface area contributed by atoms with Crippen molar-refractivity contribution in [1.29, 1.82) is 5.26 Å². The van der Waals surface area contributed by atoms with Gasteiger partial charge in [0, 0.05) is 25.2 Å². The summed E-state index contributed by atoms with van der Waals surface area (Å²) in [4.78, 5) is 13.4. The minimum Gasteiger partial charge on any atom is -0.353 e. The molecule has 0 aliphatic carbocycles. The Balaban J connectivity index is 2.19. The molecule has 0 saturated carbocycles. The van der Waals surface area contributed by atoms with E-state index in [4.69, 9.17) is 5.26 Å². The number of amides is 1. The topological polar surface area (TPSA) is 56.1 Å². The zero-order chi connectivity index (χ0) is 13.1. The Kier molecular flexibility index (Phi) is 3.58. The molecule has 1 aliphatic rings. The quantitative estimate of drug-likeness (QED) is 0.848. The number of hydrogen-bond donors (Lipinski definition) is 1. The molecular weight excluding hydrogens is 233 g/mol. The molecule has 5 heteroatoms. The summed E-state index contributed by atoms with van der Waals surface area (Å²) < 4.78 is 13.9. The highest BCUT2D eigenvalue weighted by atomic mass is 19.1. The molecule has 4 nitrogen and oxygen atoms in total. The van der Waals surface area contributed by atoms with Gasteiger partial charge < -0.3 is 5.32 Å². The minimum atomic E-state index is -0.488. The van der Waals surface area contributed by atoms with Gasteiger partial charge in [-0.05, 0) is 13.0 Å². The summed E-state index contributed by atoms with van der Waals surface area (Å²) >= 11 is 0. The third-order valence-corrected chi connectivity index (χ3v) is 3.20. The lowest BCUT2D eigenvalue weighted by molar-refractivity contribution is -0.128. The Morgan fingerprint density at radius 3 is 3.11 bits per heavy atom. The molecule has 1 unspecified atom stereocenters. The molecule has 0 spiro atoms. The zero-order valence-corrected chi connectivity index (χ0v) is 10.1. The lowest BCUT2D eigenvalue weighted by Crippen LogP contribution is -2.53. The second kappa shape index (κ2) is 5.15. The zero-order valence-electron chi connectivity index (χ0n) is 10.1. The predicted octanol–water partition coefficient (Wildman–Crippen LogP) is 1.02. The van der Waals surface area contributed by atoms with Gasteiger partial charge in [-0.15, -0.1) is 0 Å². The molecular formula is C13H14FN3O. The van der Waals surface area contributed by atoms with E-state index in [2.05, 4.69) is 5.32 Å². The maximum absolute atomic E-state index is 13.9. The third-order valence-electron chi connectivity index (χ3n) is 3.20. The summed E-state index contributed by atoms with van der Waals surface area (Å²) in [6.07, 6.45) is 0. The first-order chi connectivity index (χ1) is 8.63. The maximum atomic E-state index is 13.9. The number of benzene rings is 1. The van der Waals surface area contributed by atoms with Crippen LogP contribution in [0.2, 0.25) is 0 Å². The Bertz CT molecular complexity index is 509. The van der Waals surface area contributed by atoms with E-state index in [1.807, 2.05) is 11.0 Å². The summed E-state index contributed by atoms with van der Waals surface area (Å²) in [5, 5.41) is 11.5. The monoisotopic (exact) mass is 247 g/mol. The van der Waals surface area contributed by atoms with Crippen molar-refractivity contribution in [2.24, 2.45) is 0 Å². The van der Waals surface area contributed by atoms with E-state index in [1.54, 1.807) is 19.1 Å². The van der Waals surface area contributed by atoms with Gasteiger partial charge >= 0.3 is 0 Å². The number of nitriles is 1. The normalized spacial score (nSPS) is 20.3. The summed E-state index contributed by atoms with van der Waals surface area (Å²) in [7, 11) is 0. The van der Waals surface area contributed by atoms with Gasteiger partial charge in [-0.3, -0.25) is 9.69 Å². The van der Waals surface area contributed by atoms with Crippen molar-refractivity contribution in [2.45, 2.75) is 19.5 Å². The number of halogens is 1. The molecule has 1 saturated heterocycles. The lowest BCUT2D eigenvalue weighted by Gasteiger charge is -2.32. The Morgan fingerprint density at radius 2 is 2.39 bits per heavy atom. The molecule has 1 heterocycles. The van der Waals surface area contributed by atoms with E-state index >= 15 is 0 Å². The van der Waals surface area contributed by atoms with Crippen LogP contribution in [0.3, 0.4) is 0 Å². The largest absolute Gasteiger partial charge is 0.353 e. The van der Waals surface area contributed by atoms with Crippen molar-refractivity contribution in [2.75, 3.05) is 13.1 Å². The highest BCUT2D eigenvalue weighted by Gasteiger charge is 2.26. The van der Waals surface area contributed by atoms with Gasteiger partial charge in [-0.2, -0.15) is 5.26 Å². The predicted molar refractivity (Wildman–Crippen MR) is 64.0 cm³/mol. The van der Waals surface area contributed by atoms with Crippen molar-refractivity contribution < 1.29 is 9.18 Å². The van der Waals surface area contributed by atoms with Gasteiger partial charge in [0.15, 0.2) is 0 Å². The van der Waals surface area contributed by atoms with E-state index in [-0.39, 0.29) is 17.5 Å². The molecule has 1 aromatic carbocycles. The molecule has 0 radical (unpaired) electrons. The molecule has 18 heavy (non-hydrogen) atoms. The molecule has 0 aromatic heterocycles. The second-order valence-electron chi connectivity index (χ2n) is 4.33. The first kappa shape index (κ1) is 12.5. The fourth-order valence-corrected chi connectivity index (χ4v) is 2.05. The molecule has 1 amide bonds. The Labute approximate surface area is 105 Å². The van der Waals surface area contributed by atoms with E-state index in [9.17, 15) is 9.18 Å². The van der Waals surface area contributed by atoms with Crippen molar-refractivity contribution in [1.82, 2.24) is 10.2 Å². The van der Waals surface area contributed by atoms with Crippen molar-refractivity contribution in [3.8, 4) is 6.07 Å². The first-order valence-corrected chi connectivity index (χ1v) is 5.82. The molecule has 1 aromatic rings. The van der Waals surface area contributed by atoms with E-state index in [1.165, 1.54) is 6.07 Å². The molecule has 94 valence electrons. The number of hydrogen-bond acceptors (Lipinski definition) is 3. The van der Waals surface area contributed by atoms with Gasteiger partial charge in [-0.1, -0.05) is 12.1 Å². The average Bonchev–Trinajstić information content (AvgIpc) is 2.37. The van der Waals surface area contributed by atoms with Crippen LogP contribution < -0.4 is 5.32 Å².